The molecule has 2 spiro atoms. The fraction of sp³-hybridized carbons (Fsp3) is 0.0303. The maximum atomic E-state index is 6.57. The van der Waals surface area contributed by atoms with Crippen molar-refractivity contribution in [2.45, 2.75) is 10.8 Å². The molecule has 1 unspecified atom stereocenters. The Labute approximate surface area is 408 Å². The van der Waals surface area contributed by atoms with Crippen LogP contribution in [0.2, 0.25) is 0 Å². The van der Waals surface area contributed by atoms with Crippen molar-refractivity contribution in [3.63, 3.8) is 0 Å². The van der Waals surface area contributed by atoms with Gasteiger partial charge in [-0.15, -0.1) is 0 Å². The summed E-state index contributed by atoms with van der Waals surface area (Å²) in [5.74, 6) is 0. The number of nitrogens with zero attached hydrogens (tertiary/aromatic N) is 4. The first kappa shape index (κ1) is 37.6. The minimum absolute atomic E-state index is 0.524. The van der Waals surface area contributed by atoms with Gasteiger partial charge < -0.3 is 13.9 Å². The molecule has 9 aromatic carbocycles. The van der Waals surface area contributed by atoms with Gasteiger partial charge in [-0.1, -0.05) is 152 Å². The first-order chi connectivity index (χ1) is 35.2. The number of aromatic nitrogens is 3. The van der Waals surface area contributed by atoms with E-state index in [9.17, 15) is 0 Å². The van der Waals surface area contributed by atoms with Gasteiger partial charge in [0, 0.05) is 45.1 Å². The predicted molar refractivity (Wildman–Crippen MR) is 285 cm³/mol. The summed E-state index contributed by atoms with van der Waals surface area (Å²) in [5.41, 5.74) is 23.7. The monoisotopic (exact) mass is 902 g/mol. The number of anilines is 3. The normalized spacial score (nSPS) is 16.0. The SMILES string of the molecule is c1ccc(N2c3ccccc3C3(c4cc5c(cc42)C2(c4ccccc4-c4ccccc42)c2ccccc2-5)c2cccnc2-c2ncc(-n4c5ccccc5c5cc6c(cc54)oc4ccccc46)cc23)cc1. The van der Waals surface area contributed by atoms with Crippen LogP contribution in [-0.2, 0) is 10.8 Å². The molecule has 71 heavy (non-hydrogen) atoms. The van der Waals surface area contributed by atoms with Crippen molar-refractivity contribution >= 4 is 60.8 Å². The van der Waals surface area contributed by atoms with Crippen LogP contribution in [0, 0.1) is 0 Å². The Balaban J connectivity index is 1.01. The molecule has 1 aliphatic heterocycles. The van der Waals surface area contributed by atoms with Crippen LogP contribution in [0.15, 0.2) is 235 Å². The van der Waals surface area contributed by atoms with Crippen molar-refractivity contribution in [3.05, 3.63) is 275 Å². The lowest BCUT2D eigenvalue weighted by atomic mass is 9.63. The molecule has 5 heterocycles. The molecule has 4 aromatic heterocycles. The van der Waals surface area contributed by atoms with Crippen molar-refractivity contribution in [2.75, 3.05) is 4.90 Å². The maximum Gasteiger partial charge on any atom is 0.137 e. The molecule has 5 heteroatoms. The number of fused-ring (bicyclic) bond motifs is 25. The third-order valence-electron chi connectivity index (χ3n) is 16.5. The molecule has 4 aliphatic rings. The largest absolute Gasteiger partial charge is 0.456 e. The molecule has 0 radical (unpaired) electrons. The van der Waals surface area contributed by atoms with Crippen LogP contribution < -0.4 is 4.90 Å². The molecular formula is C66H38N4O. The van der Waals surface area contributed by atoms with E-state index in [1.54, 1.807) is 0 Å². The molecule has 0 amide bonds. The second-order valence-corrected chi connectivity index (χ2v) is 19.5. The van der Waals surface area contributed by atoms with E-state index in [1.807, 2.05) is 12.3 Å². The number of benzene rings is 9. The quantitative estimate of drug-likeness (QED) is 0.173. The topological polar surface area (TPSA) is 47.1 Å². The Morgan fingerprint density at radius 2 is 0.958 bits per heavy atom. The Morgan fingerprint density at radius 3 is 1.75 bits per heavy atom. The van der Waals surface area contributed by atoms with Crippen LogP contribution in [0.3, 0.4) is 0 Å². The number of pyridine rings is 2. The molecule has 0 fully saturated rings. The van der Waals surface area contributed by atoms with Crippen LogP contribution in [0.25, 0.3) is 83.1 Å². The molecule has 0 saturated heterocycles. The van der Waals surface area contributed by atoms with E-state index in [2.05, 4.69) is 228 Å². The Hall–Kier alpha value is -9.32. The summed E-state index contributed by atoms with van der Waals surface area (Å²) in [6.45, 7) is 0. The minimum atomic E-state index is -0.810. The number of rotatable bonds is 2. The van der Waals surface area contributed by atoms with Crippen LogP contribution >= 0.6 is 0 Å². The summed E-state index contributed by atoms with van der Waals surface area (Å²) in [5, 5.41) is 4.58. The smallest absolute Gasteiger partial charge is 0.137 e. The highest BCUT2D eigenvalue weighted by Gasteiger charge is 2.57. The van der Waals surface area contributed by atoms with Gasteiger partial charge in [0.2, 0.25) is 0 Å². The summed E-state index contributed by atoms with van der Waals surface area (Å²) in [4.78, 5) is 13.3. The van der Waals surface area contributed by atoms with Crippen molar-refractivity contribution in [2.24, 2.45) is 0 Å². The van der Waals surface area contributed by atoms with Gasteiger partial charge in [0.05, 0.1) is 56.5 Å². The summed E-state index contributed by atoms with van der Waals surface area (Å²) < 4.78 is 8.96. The predicted octanol–water partition coefficient (Wildman–Crippen LogP) is 16.0. The third kappa shape index (κ3) is 4.45. The molecule has 13 aromatic rings. The summed E-state index contributed by atoms with van der Waals surface area (Å²) >= 11 is 0. The minimum Gasteiger partial charge on any atom is -0.456 e. The van der Waals surface area contributed by atoms with E-state index < -0.39 is 10.8 Å². The number of para-hydroxylation sites is 4. The highest BCUT2D eigenvalue weighted by Crippen LogP contribution is 2.68. The van der Waals surface area contributed by atoms with Crippen LogP contribution in [0.4, 0.5) is 17.1 Å². The molecule has 0 saturated carbocycles. The number of furan rings is 1. The Kier molecular flexibility index (Phi) is 7.03. The van der Waals surface area contributed by atoms with Crippen LogP contribution in [0.1, 0.15) is 44.5 Å². The fourth-order valence-electron chi connectivity index (χ4n) is 13.9. The summed E-state index contributed by atoms with van der Waals surface area (Å²) in [6, 6.07) is 80.8. The summed E-state index contributed by atoms with van der Waals surface area (Å²) in [6.07, 6.45) is 3.97. The highest BCUT2D eigenvalue weighted by molar-refractivity contribution is 6.17. The fourth-order valence-corrected chi connectivity index (χ4v) is 13.9. The number of hydrogen-bond donors (Lipinski definition) is 0. The first-order valence-corrected chi connectivity index (χ1v) is 24.5. The molecule has 3 aliphatic carbocycles. The van der Waals surface area contributed by atoms with Crippen molar-refractivity contribution in [1.29, 1.82) is 0 Å². The standard InChI is InChI=1S/C66H38N4O/c1-2-17-39(18-3-1)69-58-30-14-12-27-52(58)66(55-35-46-43-21-6-11-26-51(43)65(54(46)36-60(55)69)49-24-9-4-19-41(49)42-20-5-10-25-50(42)65)53-28-16-32-67-63(53)64-56(66)33-40(38-68-64)70-57-29-13-7-22-44(57)47-34-48-45-23-8-15-31-61(45)71-62(48)37-59(47)70/h1-38H. The van der Waals surface area contributed by atoms with Crippen LogP contribution in [0.5, 0.6) is 0 Å². The van der Waals surface area contributed by atoms with Gasteiger partial charge in [0.15, 0.2) is 0 Å². The zero-order valence-electron chi connectivity index (χ0n) is 38.1. The van der Waals surface area contributed by atoms with Gasteiger partial charge in [-0.2, -0.15) is 0 Å². The summed E-state index contributed by atoms with van der Waals surface area (Å²) in [7, 11) is 0. The maximum absolute atomic E-state index is 6.57. The van der Waals surface area contributed by atoms with E-state index in [0.717, 1.165) is 78.2 Å². The second-order valence-electron chi connectivity index (χ2n) is 19.5. The van der Waals surface area contributed by atoms with E-state index in [0.29, 0.717) is 0 Å². The molecule has 1 atom stereocenters. The van der Waals surface area contributed by atoms with Crippen LogP contribution in [-0.4, -0.2) is 14.5 Å². The molecule has 328 valence electrons. The zero-order valence-corrected chi connectivity index (χ0v) is 38.1. The van der Waals surface area contributed by atoms with Gasteiger partial charge in [-0.3, -0.25) is 9.97 Å². The molecule has 5 nitrogen and oxygen atoms in total. The van der Waals surface area contributed by atoms with E-state index >= 15 is 0 Å². The van der Waals surface area contributed by atoms with Gasteiger partial charge in [-0.05, 0) is 122 Å². The average Bonchev–Trinajstić information content (AvgIpc) is 4.22. The van der Waals surface area contributed by atoms with E-state index in [-0.39, 0.29) is 0 Å². The molecule has 0 bridgehead atoms. The lowest BCUT2D eigenvalue weighted by Crippen LogP contribution is -2.37. The molecule has 17 rings (SSSR count). The molecule has 0 N–H and O–H groups in total. The average molecular weight is 903 g/mol. The van der Waals surface area contributed by atoms with Gasteiger partial charge in [0.25, 0.3) is 0 Å². The number of hydrogen-bond acceptors (Lipinski definition) is 4. The van der Waals surface area contributed by atoms with Crippen molar-refractivity contribution in [3.8, 4) is 39.3 Å². The van der Waals surface area contributed by atoms with Gasteiger partial charge >= 0.3 is 0 Å². The van der Waals surface area contributed by atoms with E-state index in [4.69, 9.17) is 14.4 Å². The Bertz CT molecular complexity index is 4460. The van der Waals surface area contributed by atoms with Gasteiger partial charge in [0.1, 0.15) is 11.2 Å². The first-order valence-electron chi connectivity index (χ1n) is 24.5. The zero-order chi connectivity index (χ0) is 46.2. The van der Waals surface area contributed by atoms with E-state index in [1.165, 1.54) is 66.4 Å². The van der Waals surface area contributed by atoms with Crippen molar-refractivity contribution in [1.82, 2.24) is 14.5 Å². The third-order valence-corrected chi connectivity index (χ3v) is 16.5. The van der Waals surface area contributed by atoms with Crippen molar-refractivity contribution < 1.29 is 4.42 Å². The van der Waals surface area contributed by atoms with Gasteiger partial charge in [-0.25, -0.2) is 0 Å². The second kappa shape index (κ2) is 13.3. The lowest BCUT2D eigenvalue weighted by Gasteiger charge is -2.45. The molecular weight excluding hydrogens is 865 g/mol. The lowest BCUT2D eigenvalue weighted by molar-refractivity contribution is 0.669. The Morgan fingerprint density at radius 1 is 0.338 bits per heavy atom. The highest BCUT2D eigenvalue weighted by atomic mass is 16.3.